The standard InChI is InChI=1S/C62H55NOS/c1-59(2,3)37-33-46-45-31-32-49-55(58(45)65-57(46)51(34-37)60(4,5)6)54-48(62(49,9)10)22-16-23-52(54)63(39-29-30-42-41-17-11-13-21-47(41)61(7,8)50(42)35-39)38-27-25-36(26-28-38)40-19-15-20-44-43-18-12-14-24-53(43)64-56(40)44/h11-35H,1-10H3. The fourth-order valence-electron chi connectivity index (χ4n) is 11.4. The fraction of sp³-hybridized carbons (Fsp3) is 0.226. The molecule has 320 valence electrons. The second-order valence-electron chi connectivity index (χ2n) is 21.8. The summed E-state index contributed by atoms with van der Waals surface area (Å²) < 4.78 is 9.33. The van der Waals surface area contributed by atoms with E-state index in [1.165, 1.54) is 81.5 Å². The zero-order valence-corrected chi connectivity index (χ0v) is 40.0. The van der Waals surface area contributed by atoms with E-state index in [1.807, 2.05) is 17.4 Å². The van der Waals surface area contributed by atoms with Gasteiger partial charge in [0.15, 0.2) is 0 Å². The Kier molecular flexibility index (Phi) is 8.37. The predicted molar refractivity (Wildman–Crippen MR) is 279 cm³/mol. The summed E-state index contributed by atoms with van der Waals surface area (Å²) in [5.41, 5.74) is 20.9. The molecule has 0 amide bonds. The van der Waals surface area contributed by atoms with Crippen LogP contribution in [0.25, 0.3) is 75.5 Å². The molecule has 0 saturated carbocycles. The van der Waals surface area contributed by atoms with Crippen LogP contribution in [0.3, 0.4) is 0 Å². The summed E-state index contributed by atoms with van der Waals surface area (Å²) in [5, 5.41) is 5.02. The van der Waals surface area contributed by atoms with Crippen molar-refractivity contribution in [3.05, 3.63) is 185 Å². The van der Waals surface area contributed by atoms with E-state index in [4.69, 9.17) is 4.42 Å². The molecule has 10 aromatic rings. The number of rotatable bonds is 4. The molecule has 0 saturated heterocycles. The normalized spacial score (nSPS) is 14.9. The Balaban J connectivity index is 1.11. The molecule has 2 aliphatic carbocycles. The molecule has 2 aliphatic rings. The van der Waals surface area contributed by atoms with Crippen LogP contribution in [0.15, 0.2) is 156 Å². The third-order valence-electron chi connectivity index (χ3n) is 15.0. The number of hydrogen-bond acceptors (Lipinski definition) is 3. The number of nitrogens with zero attached hydrogens (tertiary/aromatic N) is 1. The van der Waals surface area contributed by atoms with Gasteiger partial charge in [0.1, 0.15) is 11.2 Å². The molecule has 2 heterocycles. The molecule has 0 bridgehead atoms. The molecule has 12 rings (SSSR count). The number of furan rings is 1. The van der Waals surface area contributed by atoms with Gasteiger partial charge in [-0.2, -0.15) is 0 Å². The summed E-state index contributed by atoms with van der Waals surface area (Å²) in [5.74, 6) is 0. The van der Waals surface area contributed by atoms with Crippen LogP contribution in [-0.4, -0.2) is 0 Å². The van der Waals surface area contributed by atoms with Gasteiger partial charge in [-0.3, -0.25) is 0 Å². The maximum Gasteiger partial charge on any atom is 0.143 e. The van der Waals surface area contributed by atoms with Gasteiger partial charge in [-0.25, -0.2) is 0 Å². The van der Waals surface area contributed by atoms with Gasteiger partial charge in [-0.15, -0.1) is 11.3 Å². The highest BCUT2D eigenvalue weighted by molar-refractivity contribution is 7.26. The van der Waals surface area contributed by atoms with E-state index in [2.05, 4.69) is 220 Å². The van der Waals surface area contributed by atoms with Gasteiger partial charge in [0.05, 0.1) is 5.69 Å². The Bertz CT molecular complexity index is 3620. The second kappa shape index (κ2) is 13.6. The van der Waals surface area contributed by atoms with Crippen molar-refractivity contribution >= 4 is 70.5 Å². The smallest absolute Gasteiger partial charge is 0.143 e. The highest BCUT2D eigenvalue weighted by Gasteiger charge is 2.41. The number of hydrogen-bond donors (Lipinski definition) is 0. The fourth-order valence-corrected chi connectivity index (χ4v) is 12.9. The molecule has 0 radical (unpaired) electrons. The predicted octanol–water partition coefficient (Wildman–Crippen LogP) is 18.3. The summed E-state index contributed by atoms with van der Waals surface area (Å²) in [6.07, 6.45) is 0. The van der Waals surface area contributed by atoms with Crippen molar-refractivity contribution in [2.45, 2.75) is 90.9 Å². The lowest BCUT2D eigenvalue weighted by atomic mass is 9.79. The monoisotopic (exact) mass is 861 g/mol. The average molecular weight is 862 g/mol. The molecule has 0 fully saturated rings. The van der Waals surface area contributed by atoms with E-state index >= 15 is 0 Å². The second-order valence-corrected chi connectivity index (χ2v) is 22.8. The van der Waals surface area contributed by atoms with Crippen molar-refractivity contribution < 1.29 is 4.42 Å². The molecule has 8 aromatic carbocycles. The quantitative estimate of drug-likeness (QED) is 0.175. The van der Waals surface area contributed by atoms with E-state index in [1.54, 1.807) is 0 Å². The molecule has 0 spiro atoms. The van der Waals surface area contributed by atoms with Gasteiger partial charge < -0.3 is 9.32 Å². The zero-order valence-electron chi connectivity index (χ0n) is 39.2. The first-order chi connectivity index (χ1) is 31.0. The highest BCUT2D eigenvalue weighted by atomic mass is 32.1. The molecule has 0 unspecified atom stereocenters. The largest absolute Gasteiger partial charge is 0.455 e. The molecule has 2 aromatic heterocycles. The first-order valence-electron chi connectivity index (χ1n) is 23.3. The third kappa shape index (κ3) is 5.77. The van der Waals surface area contributed by atoms with Crippen LogP contribution >= 0.6 is 11.3 Å². The molecule has 65 heavy (non-hydrogen) atoms. The first kappa shape index (κ1) is 40.1. The molecule has 0 aliphatic heterocycles. The zero-order chi connectivity index (χ0) is 44.9. The van der Waals surface area contributed by atoms with Crippen LogP contribution in [0.4, 0.5) is 17.1 Å². The highest BCUT2D eigenvalue weighted by Crippen LogP contribution is 2.59. The molecular weight excluding hydrogens is 807 g/mol. The van der Waals surface area contributed by atoms with Crippen molar-refractivity contribution in [3.8, 4) is 33.4 Å². The van der Waals surface area contributed by atoms with Crippen molar-refractivity contribution in [2.24, 2.45) is 0 Å². The topological polar surface area (TPSA) is 16.4 Å². The summed E-state index contributed by atoms with van der Waals surface area (Å²) in [7, 11) is 0. The van der Waals surface area contributed by atoms with Crippen molar-refractivity contribution in [3.63, 3.8) is 0 Å². The maximum atomic E-state index is 6.54. The number of benzene rings is 8. The number of fused-ring (bicyclic) bond motifs is 13. The lowest BCUT2D eigenvalue weighted by Crippen LogP contribution is -2.17. The van der Waals surface area contributed by atoms with Crippen molar-refractivity contribution in [1.29, 1.82) is 0 Å². The Morgan fingerprint density at radius 1 is 0.462 bits per heavy atom. The van der Waals surface area contributed by atoms with E-state index in [9.17, 15) is 0 Å². The Morgan fingerprint density at radius 3 is 1.89 bits per heavy atom. The van der Waals surface area contributed by atoms with E-state index in [0.717, 1.165) is 44.4 Å². The van der Waals surface area contributed by atoms with Crippen LogP contribution in [0.5, 0.6) is 0 Å². The van der Waals surface area contributed by atoms with E-state index in [-0.39, 0.29) is 21.7 Å². The van der Waals surface area contributed by atoms with Crippen molar-refractivity contribution in [1.82, 2.24) is 0 Å². The minimum Gasteiger partial charge on any atom is -0.455 e. The van der Waals surface area contributed by atoms with Gasteiger partial charge in [0.2, 0.25) is 0 Å². The Morgan fingerprint density at radius 2 is 1.11 bits per heavy atom. The summed E-state index contributed by atoms with van der Waals surface area (Å²) >= 11 is 2.00. The number of para-hydroxylation sites is 2. The van der Waals surface area contributed by atoms with Crippen LogP contribution in [-0.2, 0) is 21.7 Å². The summed E-state index contributed by atoms with van der Waals surface area (Å²) in [6.45, 7) is 23.8. The molecule has 0 N–H and O–H groups in total. The molecule has 2 nitrogen and oxygen atoms in total. The van der Waals surface area contributed by atoms with Crippen LogP contribution < -0.4 is 4.90 Å². The molecule has 0 atom stereocenters. The van der Waals surface area contributed by atoms with Gasteiger partial charge >= 0.3 is 0 Å². The van der Waals surface area contributed by atoms with Gasteiger partial charge in [0, 0.05) is 69.8 Å². The lowest BCUT2D eigenvalue weighted by molar-refractivity contribution is 0.573. The molecule has 3 heteroatoms. The first-order valence-corrected chi connectivity index (χ1v) is 24.1. The van der Waals surface area contributed by atoms with Gasteiger partial charge in [-0.05, 0) is 103 Å². The molecular formula is C62H55NOS. The van der Waals surface area contributed by atoms with Crippen LogP contribution in [0.2, 0.25) is 0 Å². The van der Waals surface area contributed by atoms with Crippen LogP contribution in [0, 0.1) is 0 Å². The van der Waals surface area contributed by atoms with Gasteiger partial charge in [0.25, 0.3) is 0 Å². The lowest BCUT2D eigenvalue weighted by Gasteiger charge is -2.30. The maximum absolute atomic E-state index is 6.54. The van der Waals surface area contributed by atoms with Crippen molar-refractivity contribution in [2.75, 3.05) is 4.90 Å². The summed E-state index contributed by atoms with van der Waals surface area (Å²) in [6, 6.07) is 57.1. The Labute approximate surface area is 387 Å². The Hall–Kier alpha value is -6.42. The summed E-state index contributed by atoms with van der Waals surface area (Å²) in [4.78, 5) is 2.54. The van der Waals surface area contributed by atoms with Crippen LogP contribution in [0.1, 0.15) is 103 Å². The minimum absolute atomic E-state index is 0.00814. The number of anilines is 3. The van der Waals surface area contributed by atoms with Gasteiger partial charge in [-0.1, -0.05) is 178 Å². The minimum atomic E-state index is -0.198. The SMILES string of the molecule is CC(C)(C)c1cc(C(C)(C)C)c2sc3c4c(ccc3c2c1)C(C)(C)c1cccc(N(c2ccc(-c3cccc5c3oc3ccccc35)cc2)c2ccc3c(c2)C(C)(C)c2ccccc2-3)c1-4. The van der Waals surface area contributed by atoms with E-state index < -0.39 is 0 Å². The third-order valence-corrected chi connectivity index (χ3v) is 16.2. The van der Waals surface area contributed by atoms with E-state index in [0.29, 0.717) is 0 Å². The number of thiophene rings is 1. The average Bonchev–Trinajstić information content (AvgIpc) is 3.99.